The van der Waals surface area contributed by atoms with Gasteiger partial charge in [0.1, 0.15) is 4.47 Å². The van der Waals surface area contributed by atoms with Crippen molar-refractivity contribution in [1.82, 2.24) is 9.78 Å². The van der Waals surface area contributed by atoms with Gasteiger partial charge in [0.05, 0.1) is 11.9 Å². The van der Waals surface area contributed by atoms with Gasteiger partial charge in [0.2, 0.25) is 5.91 Å². The number of hydrogen-bond acceptors (Lipinski definition) is 4. The van der Waals surface area contributed by atoms with Crippen molar-refractivity contribution in [2.45, 2.75) is 45.2 Å². The fraction of sp³-hybridized carbons (Fsp3) is 0.615. The number of halogens is 1. The predicted molar refractivity (Wildman–Crippen MR) is 80.4 cm³/mol. The van der Waals surface area contributed by atoms with E-state index in [0.717, 1.165) is 12.8 Å². The number of amides is 1. The summed E-state index contributed by atoms with van der Waals surface area (Å²) in [5.74, 6) is 0.186. The van der Waals surface area contributed by atoms with Crippen LogP contribution in [0.1, 0.15) is 33.1 Å². The Labute approximate surface area is 125 Å². The average molecular weight is 343 g/mol. The van der Waals surface area contributed by atoms with Crippen molar-refractivity contribution in [3.63, 3.8) is 0 Å². The smallest absolute Gasteiger partial charge is 0.283 e. The van der Waals surface area contributed by atoms with Crippen LogP contribution in [0.15, 0.2) is 15.5 Å². The molecule has 20 heavy (non-hydrogen) atoms. The van der Waals surface area contributed by atoms with E-state index in [9.17, 15) is 9.59 Å². The Morgan fingerprint density at radius 2 is 2.25 bits per heavy atom. The standard InChI is InChI=1S/C13H19BrN4O2/c1-13(2,5-10(15)19)17-9-6-16-18(7-8-3-4-8)12(20)11(9)14/h6,8,17H,3-5,7H2,1-2H3,(H2,15,19). The fourth-order valence-corrected chi connectivity index (χ4v) is 2.48. The number of nitrogens with zero attached hydrogens (tertiary/aromatic N) is 2. The summed E-state index contributed by atoms with van der Waals surface area (Å²) in [6, 6.07) is 0. The van der Waals surface area contributed by atoms with Crippen LogP contribution in [-0.2, 0) is 11.3 Å². The first kappa shape index (κ1) is 15.0. The third kappa shape index (κ3) is 3.82. The minimum Gasteiger partial charge on any atom is -0.377 e. The molecular formula is C13H19BrN4O2. The van der Waals surface area contributed by atoms with E-state index in [-0.39, 0.29) is 12.0 Å². The number of carbonyl (C=O) groups excluding carboxylic acids is 1. The van der Waals surface area contributed by atoms with Crippen molar-refractivity contribution in [3.8, 4) is 0 Å². The van der Waals surface area contributed by atoms with E-state index < -0.39 is 11.4 Å². The zero-order valence-electron chi connectivity index (χ0n) is 11.6. The maximum Gasteiger partial charge on any atom is 0.283 e. The van der Waals surface area contributed by atoms with Gasteiger partial charge in [-0.2, -0.15) is 5.10 Å². The summed E-state index contributed by atoms with van der Waals surface area (Å²) in [5, 5.41) is 7.31. The monoisotopic (exact) mass is 342 g/mol. The fourth-order valence-electron chi connectivity index (χ4n) is 2.07. The van der Waals surface area contributed by atoms with Crippen LogP contribution in [0.5, 0.6) is 0 Å². The molecule has 0 bridgehead atoms. The van der Waals surface area contributed by atoms with Crippen LogP contribution in [0.3, 0.4) is 0 Å². The second-order valence-corrected chi connectivity index (χ2v) is 6.75. The van der Waals surface area contributed by atoms with Crippen molar-refractivity contribution < 1.29 is 4.79 Å². The van der Waals surface area contributed by atoms with E-state index >= 15 is 0 Å². The lowest BCUT2D eigenvalue weighted by molar-refractivity contribution is -0.118. The van der Waals surface area contributed by atoms with Crippen molar-refractivity contribution >= 4 is 27.5 Å². The highest BCUT2D eigenvalue weighted by molar-refractivity contribution is 9.10. The van der Waals surface area contributed by atoms with Crippen LogP contribution in [0, 0.1) is 5.92 Å². The van der Waals surface area contributed by atoms with E-state index in [1.807, 2.05) is 13.8 Å². The van der Waals surface area contributed by atoms with Gasteiger partial charge in [-0.1, -0.05) is 0 Å². The molecule has 0 saturated heterocycles. The second kappa shape index (κ2) is 5.55. The third-order valence-corrected chi connectivity index (χ3v) is 3.97. The molecule has 110 valence electrons. The predicted octanol–water partition coefficient (Wildman–Crippen LogP) is 1.48. The van der Waals surface area contributed by atoms with Gasteiger partial charge in [-0.3, -0.25) is 9.59 Å². The Kier molecular flexibility index (Phi) is 4.17. The topological polar surface area (TPSA) is 90.0 Å². The molecule has 0 aromatic carbocycles. The molecule has 1 heterocycles. The molecule has 7 heteroatoms. The van der Waals surface area contributed by atoms with E-state index in [2.05, 4.69) is 26.3 Å². The average Bonchev–Trinajstić information content (AvgIpc) is 3.11. The van der Waals surface area contributed by atoms with Crippen LogP contribution in [-0.4, -0.2) is 21.2 Å². The van der Waals surface area contributed by atoms with E-state index in [4.69, 9.17) is 5.73 Å². The SMILES string of the molecule is CC(C)(CC(N)=O)Nc1cnn(CC2CC2)c(=O)c1Br. The highest BCUT2D eigenvalue weighted by atomic mass is 79.9. The van der Waals surface area contributed by atoms with E-state index in [1.165, 1.54) is 4.68 Å². The number of nitrogens with one attached hydrogen (secondary N) is 1. The lowest BCUT2D eigenvalue weighted by atomic mass is 10.00. The Bertz CT molecular complexity index is 578. The molecule has 1 aromatic rings. The summed E-state index contributed by atoms with van der Waals surface area (Å²) < 4.78 is 1.92. The Morgan fingerprint density at radius 1 is 1.60 bits per heavy atom. The lowest BCUT2D eigenvalue weighted by Crippen LogP contribution is -2.37. The zero-order valence-corrected chi connectivity index (χ0v) is 13.2. The second-order valence-electron chi connectivity index (χ2n) is 5.95. The first-order chi connectivity index (χ1) is 9.28. The number of hydrogen-bond donors (Lipinski definition) is 2. The number of anilines is 1. The summed E-state index contributed by atoms with van der Waals surface area (Å²) in [7, 11) is 0. The molecule has 1 aliphatic rings. The largest absolute Gasteiger partial charge is 0.377 e. The first-order valence-electron chi connectivity index (χ1n) is 6.60. The number of primary amides is 1. The van der Waals surface area contributed by atoms with Gasteiger partial charge < -0.3 is 11.1 Å². The molecule has 6 nitrogen and oxygen atoms in total. The van der Waals surface area contributed by atoms with Crippen molar-refractivity contribution in [3.05, 3.63) is 21.0 Å². The molecule has 1 amide bonds. The van der Waals surface area contributed by atoms with Crippen molar-refractivity contribution in [2.24, 2.45) is 11.7 Å². The molecule has 0 spiro atoms. The highest BCUT2D eigenvalue weighted by Crippen LogP contribution is 2.30. The maximum absolute atomic E-state index is 12.2. The molecule has 1 fully saturated rings. The first-order valence-corrected chi connectivity index (χ1v) is 7.40. The molecule has 0 aliphatic heterocycles. The third-order valence-electron chi connectivity index (χ3n) is 3.20. The maximum atomic E-state index is 12.2. The van der Waals surface area contributed by atoms with Crippen LogP contribution >= 0.6 is 15.9 Å². The van der Waals surface area contributed by atoms with Crippen LogP contribution in [0.25, 0.3) is 0 Å². The minimum absolute atomic E-state index is 0.156. The van der Waals surface area contributed by atoms with E-state index in [0.29, 0.717) is 22.6 Å². The van der Waals surface area contributed by atoms with Gasteiger partial charge in [-0.25, -0.2) is 4.68 Å². The highest BCUT2D eigenvalue weighted by Gasteiger charge is 2.25. The van der Waals surface area contributed by atoms with Gasteiger partial charge in [0.15, 0.2) is 0 Å². The molecule has 0 unspecified atom stereocenters. The van der Waals surface area contributed by atoms with Crippen LogP contribution in [0.2, 0.25) is 0 Å². The Hall–Kier alpha value is -1.37. The van der Waals surface area contributed by atoms with Crippen molar-refractivity contribution in [2.75, 3.05) is 5.32 Å². The van der Waals surface area contributed by atoms with Gasteiger partial charge in [-0.05, 0) is 48.5 Å². The molecule has 3 N–H and O–H groups in total. The lowest BCUT2D eigenvalue weighted by Gasteiger charge is -2.26. The number of carbonyl (C=O) groups is 1. The van der Waals surface area contributed by atoms with Crippen molar-refractivity contribution in [1.29, 1.82) is 0 Å². The number of aromatic nitrogens is 2. The molecule has 1 aliphatic carbocycles. The summed E-state index contributed by atoms with van der Waals surface area (Å²) >= 11 is 3.31. The normalized spacial score (nSPS) is 15.2. The number of rotatable bonds is 6. The Morgan fingerprint density at radius 3 is 2.80 bits per heavy atom. The molecule has 2 rings (SSSR count). The Balaban J connectivity index is 2.18. The van der Waals surface area contributed by atoms with E-state index in [1.54, 1.807) is 6.20 Å². The molecule has 1 saturated carbocycles. The molecular weight excluding hydrogens is 324 g/mol. The number of nitrogens with two attached hydrogens (primary N) is 1. The van der Waals surface area contributed by atoms with Crippen LogP contribution < -0.4 is 16.6 Å². The van der Waals surface area contributed by atoms with Crippen LogP contribution in [0.4, 0.5) is 5.69 Å². The molecule has 1 aromatic heterocycles. The summed E-state index contributed by atoms with van der Waals surface area (Å²) in [6.45, 7) is 4.36. The molecule has 0 atom stereocenters. The summed E-state index contributed by atoms with van der Waals surface area (Å²) in [6.07, 6.45) is 4.11. The van der Waals surface area contributed by atoms with Gasteiger partial charge in [0.25, 0.3) is 5.56 Å². The quantitative estimate of drug-likeness (QED) is 0.819. The van der Waals surface area contributed by atoms with Gasteiger partial charge in [-0.15, -0.1) is 0 Å². The summed E-state index contributed by atoms with van der Waals surface area (Å²) in [5.41, 5.74) is 5.10. The molecule has 0 radical (unpaired) electrons. The summed E-state index contributed by atoms with van der Waals surface area (Å²) in [4.78, 5) is 23.2. The van der Waals surface area contributed by atoms with Gasteiger partial charge >= 0.3 is 0 Å². The minimum atomic E-state index is -0.537. The van der Waals surface area contributed by atoms with Gasteiger partial charge in [0, 0.05) is 18.5 Å². The zero-order chi connectivity index (χ0) is 14.9.